The molecule has 3 rings (SSSR count). The van der Waals surface area contributed by atoms with Crippen molar-refractivity contribution in [2.45, 2.75) is 19.9 Å². The molecule has 2 aromatic carbocycles. The van der Waals surface area contributed by atoms with Crippen molar-refractivity contribution in [1.29, 1.82) is 0 Å². The van der Waals surface area contributed by atoms with Crippen LogP contribution in [-0.2, 0) is 17.8 Å². The molecule has 0 atom stereocenters. The molecule has 5 heteroatoms. The fourth-order valence-corrected chi connectivity index (χ4v) is 2.45. The summed E-state index contributed by atoms with van der Waals surface area (Å²) in [5.41, 5.74) is 2.00. The predicted octanol–water partition coefficient (Wildman–Crippen LogP) is -0.273. The molecule has 0 aliphatic carbocycles. The standard InChI is InChI=1S/C18H17N3O.HI/c1-2-14-7-5-6-10-17(14)20-18(22)13-21-12-16-9-4-3-8-15(16)11-19-21;/h3-12H,2,13H2,1H3;1H. The molecule has 0 radical (unpaired) electrons. The van der Waals surface area contributed by atoms with Crippen LogP contribution in [0.25, 0.3) is 10.8 Å². The zero-order chi connectivity index (χ0) is 15.4. The maximum absolute atomic E-state index is 12.2. The van der Waals surface area contributed by atoms with Gasteiger partial charge in [-0.1, -0.05) is 48.0 Å². The molecule has 4 nitrogen and oxygen atoms in total. The molecular formula is C18H18IN3O. The van der Waals surface area contributed by atoms with Crippen molar-refractivity contribution in [3.8, 4) is 0 Å². The average molecular weight is 419 g/mol. The highest BCUT2D eigenvalue weighted by molar-refractivity contribution is 5.90. The summed E-state index contributed by atoms with van der Waals surface area (Å²) in [4.78, 5) is 12.2. The van der Waals surface area contributed by atoms with Crippen LogP contribution in [0.4, 0.5) is 5.69 Å². The van der Waals surface area contributed by atoms with E-state index in [-0.39, 0.29) is 36.4 Å². The first-order valence-corrected chi connectivity index (χ1v) is 7.38. The number of amides is 1. The number of aromatic nitrogens is 2. The molecule has 0 unspecified atom stereocenters. The molecule has 1 amide bonds. The summed E-state index contributed by atoms with van der Waals surface area (Å²) < 4.78 is 1.66. The van der Waals surface area contributed by atoms with E-state index in [1.807, 2.05) is 54.7 Å². The molecule has 23 heavy (non-hydrogen) atoms. The Hall–Kier alpha value is -2.02. The normalized spacial score (nSPS) is 10.1. The zero-order valence-electron chi connectivity index (χ0n) is 12.9. The lowest BCUT2D eigenvalue weighted by Gasteiger charge is -2.07. The Balaban J connectivity index is 0.00000192. The van der Waals surface area contributed by atoms with Gasteiger partial charge in [0.25, 0.3) is 12.5 Å². The maximum Gasteiger partial charge on any atom is 0.292 e. The van der Waals surface area contributed by atoms with E-state index in [9.17, 15) is 4.79 Å². The SMILES string of the molecule is CCc1ccccc1NC(=O)C[n+]1cc2ccccc2cn1.[I-]. The van der Waals surface area contributed by atoms with Gasteiger partial charge in [-0.05, 0) is 29.2 Å². The van der Waals surface area contributed by atoms with Gasteiger partial charge in [0, 0.05) is 16.5 Å². The van der Waals surface area contributed by atoms with Crippen LogP contribution in [0.15, 0.2) is 60.9 Å². The third-order valence-corrected chi connectivity index (χ3v) is 3.61. The van der Waals surface area contributed by atoms with E-state index in [1.54, 1.807) is 10.9 Å². The predicted molar refractivity (Wildman–Crippen MR) is 86.4 cm³/mol. The van der Waals surface area contributed by atoms with Crippen LogP contribution in [0, 0.1) is 0 Å². The Morgan fingerprint density at radius 2 is 1.78 bits per heavy atom. The molecule has 0 spiro atoms. The monoisotopic (exact) mass is 419 g/mol. The van der Waals surface area contributed by atoms with E-state index in [2.05, 4.69) is 17.3 Å². The number of nitrogens with one attached hydrogen (secondary N) is 1. The number of aryl methyl sites for hydroxylation is 1. The van der Waals surface area contributed by atoms with Gasteiger partial charge >= 0.3 is 0 Å². The quantitative estimate of drug-likeness (QED) is 0.468. The summed E-state index contributed by atoms with van der Waals surface area (Å²) in [7, 11) is 0. The van der Waals surface area contributed by atoms with Gasteiger partial charge in [-0.2, -0.15) is 0 Å². The van der Waals surface area contributed by atoms with Crippen LogP contribution in [0.1, 0.15) is 12.5 Å². The lowest BCUT2D eigenvalue weighted by atomic mass is 10.1. The number of hydrogen-bond acceptors (Lipinski definition) is 2. The van der Waals surface area contributed by atoms with Crippen LogP contribution in [0.5, 0.6) is 0 Å². The Morgan fingerprint density at radius 1 is 1.09 bits per heavy atom. The summed E-state index contributed by atoms with van der Waals surface area (Å²) >= 11 is 0. The van der Waals surface area contributed by atoms with Crippen molar-refractivity contribution in [3.63, 3.8) is 0 Å². The van der Waals surface area contributed by atoms with Gasteiger partial charge in [0.2, 0.25) is 6.20 Å². The van der Waals surface area contributed by atoms with Crippen LogP contribution in [0.2, 0.25) is 0 Å². The largest absolute Gasteiger partial charge is 1.00 e. The number of carbonyl (C=O) groups is 1. The molecule has 118 valence electrons. The number of para-hydroxylation sites is 1. The van der Waals surface area contributed by atoms with Crippen molar-refractivity contribution < 1.29 is 33.5 Å². The lowest BCUT2D eigenvalue weighted by molar-refractivity contribution is -0.740. The Bertz CT molecular complexity index is 820. The Kier molecular flexibility index (Phi) is 6.04. The zero-order valence-corrected chi connectivity index (χ0v) is 15.0. The van der Waals surface area contributed by atoms with Gasteiger partial charge in [-0.3, -0.25) is 4.79 Å². The first kappa shape index (κ1) is 17.3. The minimum Gasteiger partial charge on any atom is -1.00 e. The summed E-state index contributed by atoms with van der Waals surface area (Å²) in [6.45, 7) is 2.27. The second-order valence-corrected chi connectivity index (χ2v) is 5.16. The smallest absolute Gasteiger partial charge is 0.292 e. The molecular weight excluding hydrogens is 401 g/mol. The highest BCUT2D eigenvalue weighted by Crippen LogP contribution is 2.15. The molecule has 0 aliphatic heterocycles. The second kappa shape index (κ2) is 8.01. The second-order valence-electron chi connectivity index (χ2n) is 5.16. The molecule has 1 N–H and O–H groups in total. The fourth-order valence-electron chi connectivity index (χ4n) is 2.45. The summed E-state index contributed by atoms with van der Waals surface area (Å²) in [5, 5.41) is 9.38. The average Bonchev–Trinajstić information content (AvgIpc) is 2.55. The third-order valence-electron chi connectivity index (χ3n) is 3.61. The first-order valence-electron chi connectivity index (χ1n) is 7.38. The minimum absolute atomic E-state index is 0. The third kappa shape index (κ3) is 4.25. The number of anilines is 1. The van der Waals surface area contributed by atoms with Crippen molar-refractivity contribution in [3.05, 3.63) is 66.5 Å². The summed E-state index contributed by atoms with van der Waals surface area (Å²) in [6, 6.07) is 15.8. The van der Waals surface area contributed by atoms with E-state index in [1.165, 1.54) is 0 Å². The first-order chi connectivity index (χ1) is 10.8. The van der Waals surface area contributed by atoms with E-state index in [4.69, 9.17) is 0 Å². The molecule has 0 saturated heterocycles. The van der Waals surface area contributed by atoms with Crippen molar-refractivity contribution in [1.82, 2.24) is 5.10 Å². The van der Waals surface area contributed by atoms with Gasteiger partial charge in [-0.25, -0.2) is 0 Å². The fraction of sp³-hybridized carbons (Fsp3) is 0.167. The van der Waals surface area contributed by atoms with E-state index >= 15 is 0 Å². The summed E-state index contributed by atoms with van der Waals surface area (Å²) in [5.74, 6) is -0.0753. The molecule has 1 heterocycles. The summed E-state index contributed by atoms with van der Waals surface area (Å²) in [6.07, 6.45) is 4.56. The number of nitrogens with zero attached hydrogens (tertiary/aromatic N) is 2. The van der Waals surface area contributed by atoms with Gasteiger partial charge in [0.05, 0.1) is 0 Å². The van der Waals surface area contributed by atoms with Crippen LogP contribution < -0.4 is 34.0 Å². The van der Waals surface area contributed by atoms with Gasteiger partial charge in [0.1, 0.15) is 6.20 Å². The van der Waals surface area contributed by atoms with Crippen LogP contribution in [-0.4, -0.2) is 11.0 Å². The Labute approximate surface area is 152 Å². The molecule has 1 aromatic heterocycles. The van der Waals surface area contributed by atoms with Crippen molar-refractivity contribution in [2.75, 3.05) is 5.32 Å². The number of halogens is 1. The highest BCUT2D eigenvalue weighted by atomic mass is 127. The highest BCUT2D eigenvalue weighted by Gasteiger charge is 2.13. The number of fused-ring (bicyclic) bond motifs is 1. The van der Waals surface area contributed by atoms with Crippen LogP contribution in [0.3, 0.4) is 0 Å². The van der Waals surface area contributed by atoms with Gasteiger partial charge in [0.15, 0.2) is 0 Å². The van der Waals surface area contributed by atoms with E-state index < -0.39 is 0 Å². The molecule has 0 aliphatic rings. The Morgan fingerprint density at radius 3 is 2.57 bits per heavy atom. The van der Waals surface area contributed by atoms with Crippen LogP contribution >= 0.6 is 0 Å². The van der Waals surface area contributed by atoms with Crippen molar-refractivity contribution in [2.24, 2.45) is 0 Å². The van der Waals surface area contributed by atoms with E-state index in [0.717, 1.165) is 28.4 Å². The van der Waals surface area contributed by atoms with Gasteiger partial charge < -0.3 is 29.3 Å². The topological polar surface area (TPSA) is 45.9 Å². The number of rotatable bonds is 4. The number of hydrogen-bond donors (Lipinski definition) is 1. The number of carbonyl (C=O) groups excluding carboxylic acids is 1. The van der Waals surface area contributed by atoms with Gasteiger partial charge in [-0.15, -0.1) is 0 Å². The molecule has 0 saturated carbocycles. The maximum atomic E-state index is 12.2. The van der Waals surface area contributed by atoms with E-state index in [0.29, 0.717) is 0 Å². The lowest BCUT2D eigenvalue weighted by Crippen LogP contribution is -3.00. The molecule has 0 bridgehead atoms. The van der Waals surface area contributed by atoms with Crippen molar-refractivity contribution >= 4 is 22.4 Å². The number of benzene rings is 2. The molecule has 0 fully saturated rings. The molecule has 3 aromatic rings. The minimum atomic E-state index is -0.0753.